The van der Waals surface area contributed by atoms with Gasteiger partial charge in [-0.3, -0.25) is 0 Å². The van der Waals surface area contributed by atoms with E-state index in [2.05, 4.69) is 47.6 Å². The molecule has 0 unspecified atom stereocenters. The summed E-state index contributed by atoms with van der Waals surface area (Å²) < 4.78 is -0.337. The smallest absolute Gasteiger partial charge is 0.144 e. The molecule has 0 aromatic carbocycles. The van der Waals surface area contributed by atoms with Crippen LogP contribution in [0.5, 0.6) is 0 Å². The molecule has 0 radical (unpaired) electrons. The van der Waals surface area contributed by atoms with E-state index in [1.54, 1.807) is 46.4 Å². The third kappa shape index (κ3) is 3.70. The zero-order valence-corrected chi connectivity index (χ0v) is 13.7. The fourth-order valence-electron chi connectivity index (χ4n) is 1.50. The predicted molar refractivity (Wildman–Crippen MR) is 85.3 cm³/mol. The Morgan fingerprint density at radius 1 is 0.650 bits per heavy atom. The molecule has 0 saturated heterocycles. The SMILES string of the molecule is CC(C)(SSC(C)(C)c1ncccn1)c1ncccn1. The van der Waals surface area contributed by atoms with Crippen LogP contribution in [0.4, 0.5) is 0 Å². The molecule has 2 rings (SSSR count). The number of rotatable bonds is 5. The quantitative estimate of drug-likeness (QED) is 0.783. The van der Waals surface area contributed by atoms with Crippen LogP contribution in [0.15, 0.2) is 36.9 Å². The van der Waals surface area contributed by atoms with E-state index < -0.39 is 0 Å². The molecule has 2 aromatic heterocycles. The first kappa shape index (κ1) is 15.3. The molecule has 0 aliphatic carbocycles. The van der Waals surface area contributed by atoms with Crippen LogP contribution in [-0.2, 0) is 9.49 Å². The molecule has 0 spiro atoms. The summed E-state index contributed by atoms with van der Waals surface area (Å²) in [6.45, 7) is 8.51. The third-order valence-electron chi connectivity index (χ3n) is 2.67. The molecular weight excluding hydrogens is 288 g/mol. The van der Waals surface area contributed by atoms with E-state index in [0.29, 0.717) is 0 Å². The number of nitrogens with zero attached hydrogens (tertiary/aromatic N) is 4. The Labute approximate surface area is 127 Å². The summed E-state index contributed by atoms with van der Waals surface area (Å²) in [5.74, 6) is 1.67. The van der Waals surface area contributed by atoms with Crippen molar-refractivity contribution in [3.8, 4) is 0 Å². The van der Waals surface area contributed by atoms with E-state index in [9.17, 15) is 0 Å². The summed E-state index contributed by atoms with van der Waals surface area (Å²) in [5.41, 5.74) is 0. The van der Waals surface area contributed by atoms with Crippen molar-refractivity contribution < 1.29 is 0 Å². The van der Waals surface area contributed by atoms with Crippen LogP contribution in [-0.4, -0.2) is 19.9 Å². The lowest BCUT2D eigenvalue weighted by Crippen LogP contribution is -2.19. The van der Waals surface area contributed by atoms with Crippen LogP contribution >= 0.6 is 21.6 Å². The topological polar surface area (TPSA) is 51.6 Å². The zero-order valence-electron chi connectivity index (χ0n) is 12.1. The minimum absolute atomic E-state index is 0.169. The fourth-order valence-corrected chi connectivity index (χ4v) is 3.98. The van der Waals surface area contributed by atoms with Crippen molar-refractivity contribution in [3.63, 3.8) is 0 Å². The van der Waals surface area contributed by atoms with Crippen LogP contribution in [0.2, 0.25) is 0 Å². The molecule has 106 valence electrons. The number of hydrogen-bond acceptors (Lipinski definition) is 6. The number of aromatic nitrogens is 4. The average Bonchev–Trinajstić information content (AvgIpc) is 2.47. The maximum absolute atomic E-state index is 4.35. The van der Waals surface area contributed by atoms with Gasteiger partial charge in [0.05, 0.1) is 9.49 Å². The van der Waals surface area contributed by atoms with Crippen molar-refractivity contribution in [3.05, 3.63) is 48.6 Å². The lowest BCUT2D eigenvalue weighted by atomic mass is 10.2. The highest BCUT2D eigenvalue weighted by atomic mass is 33.1. The zero-order chi connectivity index (χ0) is 14.6. The highest BCUT2D eigenvalue weighted by Crippen LogP contribution is 2.50. The monoisotopic (exact) mass is 306 g/mol. The van der Waals surface area contributed by atoms with Crippen molar-refractivity contribution in [2.45, 2.75) is 37.2 Å². The van der Waals surface area contributed by atoms with Gasteiger partial charge in [0, 0.05) is 24.8 Å². The highest BCUT2D eigenvalue weighted by Gasteiger charge is 2.31. The summed E-state index contributed by atoms with van der Waals surface area (Å²) in [5, 5.41) is 0. The Hall–Kier alpha value is -1.14. The summed E-state index contributed by atoms with van der Waals surface area (Å²) >= 11 is 0. The molecule has 6 heteroatoms. The van der Waals surface area contributed by atoms with Gasteiger partial charge in [0.2, 0.25) is 0 Å². The van der Waals surface area contributed by atoms with Crippen LogP contribution in [0.1, 0.15) is 39.3 Å². The third-order valence-corrected chi connectivity index (χ3v) is 6.70. The van der Waals surface area contributed by atoms with Crippen LogP contribution < -0.4 is 0 Å². The van der Waals surface area contributed by atoms with Crippen molar-refractivity contribution in [2.24, 2.45) is 0 Å². The number of hydrogen-bond donors (Lipinski definition) is 0. The second-order valence-corrected chi connectivity index (χ2v) is 8.71. The van der Waals surface area contributed by atoms with Gasteiger partial charge in [-0.05, 0) is 39.8 Å². The molecule has 4 nitrogen and oxygen atoms in total. The van der Waals surface area contributed by atoms with Gasteiger partial charge in [-0.1, -0.05) is 21.6 Å². The molecule has 0 aliphatic rings. The van der Waals surface area contributed by atoms with Gasteiger partial charge in [-0.25, -0.2) is 19.9 Å². The lowest BCUT2D eigenvalue weighted by molar-refractivity contribution is 0.703. The molecule has 2 heterocycles. The molecule has 2 aromatic rings. The summed E-state index contributed by atoms with van der Waals surface area (Å²) in [4.78, 5) is 17.4. The first-order valence-corrected chi connectivity index (χ1v) is 8.49. The van der Waals surface area contributed by atoms with Gasteiger partial charge in [0.1, 0.15) is 11.6 Å². The molecule has 0 bridgehead atoms. The second-order valence-electron chi connectivity index (χ2n) is 5.33. The van der Waals surface area contributed by atoms with Crippen LogP contribution in [0.25, 0.3) is 0 Å². The van der Waals surface area contributed by atoms with Gasteiger partial charge in [0.25, 0.3) is 0 Å². The molecule has 0 atom stereocenters. The fraction of sp³-hybridized carbons (Fsp3) is 0.429. The Kier molecular flexibility index (Phi) is 4.65. The lowest BCUT2D eigenvalue weighted by Gasteiger charge is -2.27. The molecule has 0 saturated carbocycles. The summed E-state index contributed by atoms with van der Waals surface area (Å²) in [6, 6.07) is 3.66. The van der Waals surface area contributed by atoms with Gasteiger partial charge in [0.15, 0.2) is 0 Å². The van der Waals surface area contributed by atoms with Crippen LogP contribution in [0.3, 0.4) is 0 Å². The van der Waals surface area contributed by atoms with E-state index in [4.69, 9.17) is 0 Å². The molecule has 20 heavy (non-hydrogen) atoms. The van der Waals surface area contributed by atoms with Crippen molar-refractivity contribution in [1.29, 1.82) is 0 Å². The van der Waals surface area contributed by atoms with E-state index >= 15 is 0 Å². The van der Waals surface area contributed by atoms with E-state index in [1.165, 1.54) is 0 Å². The Morgan fingerprint density at radius 2 is 0.950 bits per heavy atom. The molecule has 0 fully saturated rings. The van der Waals surface area contributed by atoms with Crippen LogP contribution in [0, 0.1) is 0 Å². The van der Waals surface area contributed by atoms with Crippen molar-refractivity contribution in [1.82, 2.24) is 19.9 Å². The maximum atomic E-state index is 4.35. The molecular formula is C14H18N4S2. The Bertz CT molecular complexity index is 492. The molecule has 0 aliphatic heterocycles. The van der Waals surface area contributed by atoms with Crippen molar-refractivity contribution in [2.75, 3.05) is 0 Å². The Balaban J connectivity index is 2.08. The Morgan fingerprint density at radius 3 is 1.25 bits per heavy atom. The normalized spacial score (nSPS) is 12.4. The minimum Gasteiger partial charge on any atom is -0.240 e. The first-order valence-electron chi connectivity index (χ1n) is 6.34. The van der Waals surface area contributed by atoms with Crippen molar-refractivity contribution >= 4 is 21.6 Å². The molecule has 0 amide bonds. The average molecular weight is 306 g/mol. The van der Waals surface area contributed by atoms with Gasteiger partial charge in [-0.2, -0.15) is 0 Å². The summed E-state index contributed by atoms with van der Waals surface area (Å²) in [7, 11) is 3.49. The van der Waals surface area contributed by atoms with E-state index in [-0.39, 0.29) is 9.49 Å². The van der Waals surface area contributed by atoms with Gasteiger partial charge >= 0.3 is 0 Å². The van der Waals surface area contributed by atoms with E-state index in [1.807, 2.05) is 12.1 Å². The van der Waals surface area contributed by atoms with Gasteiger partial charge in [-0.15, -0.1) is 0 Å². The first-order chi connectivity index (χ1) is 9.42. The highest BCUT2D eigenvalue weighted by molar-refractivity contribution is 8.77. The predicted octanol–water partition coefficient (Wildman–Crippen LogP) is 3.82. The largest absolute Gasteiger partial charge is 0.240 e. The maximum Gasteiger partial charge on any atom is 0.144 e. The van der Waals surface area contributed by atoms with E-state index in [0.717, 1.165) is 11.6 Å². The second kappa shape index (κ2) is 6.10. The summed E-state index contributed by atoms with van der Waals surface area (Å²) in [6.07, 6.45) is 7.11. The van der Waals surface area contributed by atoms with Gasteiger partial charge < -0.3 is 0 Å². The molecule has 0 N–H and O–H groups in total. The standard InChI is InChI=1S/C14H18N4S2/c1-13(2,11-15-7-5-8-16-11)19-20-14(3,4)12-17-9-6-10-18-12/h5-10H,1-4H3. The minimum atomic E-state index is -0.169.